The minimum Gasteiger partial charge on any atom is -0.444 e. The summed E-state index contributed by atoms with van der Waals surface area (Å²) in [7, 11) is 1.64. The van der Waals surface area contributed by atoms with Crippen LogP contribution in [0.15, 0.2) is 18.2 Å². The summed E-state index contributed by atoms with van der Waals surface area (Å²) < 4.78 is 33.6. The number of nitrogens with zero attached hydrogens (tertiary/aromatic N) is 4. The van der Waals surface area contributed by atoms with E-state index in [9.17, 15) is 13.6 Å². The number of carbonyl (C=O) groups is 1. The highest BCUT2D eigenvalue weighted by atomic mass is 19.1. The highest BCUT2D eigenvalue weighted by Gasteiger charge is 2.26. The van der Waals surface area contributed by atoms with Crippen molar-refractivity contribution < 1.29 is 18.3 Å². The quantitative estimate of drug-likeness (QED) is 0.739. The molecule has 2 aromatic rings. The van der Waals surface area contributed by atoms with Crippen molar-refractivity contribution in [3.8, 4) is 17.3 Å². The van der Waals surface area contributed by atoms with E-state index in [4.69, 9.17) is 10.00 Å². The van der Waals surface area contributed by atoms with E-state index < -0.39 is 28.9 Å². The molecule has 2 heterocycles. The summed E-state index contributed by atoms with van der Waals surface area (Å²) in [6.07, 6.45) is 1.13. The smallest absolute Gasteiger partial charge is 0.407 e. The van der Waals surface area contributed by atoms with Gasteiger partial charge in [0.25, 0.3) is 0 Å². The fourth-order valence-electron chi connectivity index (χ4n) is 3.46. The number of carbonyl (C=O) groups excluding carboxylic acids is 1. The van der Waals surface area contributed by atoms with Gasteiger partial charge in [-0.25, -0.2) is 18.6 Å². The topological polar surface area (TPSA) is 103 Å². The maximum Gasteiger partial charge on any atom is 0.407 e. The van der Waals surface area contributed by atoms with E-state index in [0.717, 1.165) is 25.0 Å². The number of nitriles is 1. The largest absolute Gasteiger partial charge is 0.444 e. The second kappa shape index (κ2) is 9.34. The molecule has 1 aliphatic heterocycles. The third kappa shape index (κ3) is 5.60. The molecule has 0 radical (unpaired) electrons. The van der Waals surface area contributed by atoms with Crippen LogP contribution in [-0.4, -0.2) is 47.8 Å². The van der Waals surface area contributed by atoms with Crippen molar-refractivity contribution in [1.29, 1.82) is 5.26 Å². The first-order valence-corrected chi connectivity index (χ1v) is 10.3. The Kier molecular flexibility index (Phi) is 6.77. The van der Waals surface area contributed by atoms with Gasteiger partial charge < -0.3 is 20.3 Å². The van der Waals surface area contributed by atoms with E-state index in [1.54, 1.807) is 33.9 Å². The van der Waals surface area contributed by atoms with E-state index in [-0.39, 0.29) is 17.6 Å². The van der Waals surface area contributed by atoms with Gasteiger partial charge in [0.2, 0.25) is 5.95 Å². The minimum atomic E-state index is -0.951. The molecule has 0 saturated carbocycles. The van der Waals surface area contributed by atoms with Gasteiger partial charge in [0.15, 0.2) is 0 Å². The van der Waals surface area contributed by atoms with Crippen molar-refractivity contribution in [2.24, 2.45) is 0 Å². The van der Waals surface area contributed by atoms with Crippen LogP contribution in [-0.2, 0) is 4.74 Å². The second-order valence-electron chi connectivity index (χ2n) is 8.54. The van der Waals surface area contributed by atoms with E-state index in [0.29, 0.717) is 24.6 Å². The number of amides is 1. The SMILES string of the molecule is CNc1nc(-c2cc(F)c(C#N)c(F)c2)cc(N2CCCC(NC(=O)OC(C)(C)C)C2)n1. The molecule has 1 saturated heterocycles. The molecule has 1 amide bonds. The van der Waals surface area contributed by atoms with E-state index in [1.165, 1.54) is 6.07 Å². The Labute approximate surface area is 185 Å². The lowest BCUT2D eigenvalue weighted by atomic mass is 10.0. The Morgan fingerprint density at radius 3 is 2.53 bits per heavy atom. The van der Waals surface area contributed by atoms with Gasteiger partial charge in [-0.15, -0.1) is 0 Å². The first kappa shape index (κ1) is 23.2. The molecule has 3 rings (SSSR count). The van der Waals surface area contributed by atoms with E-state index in [1.807, 2.05) is 4.90 Å². The molecule has 0 bridgehead atoms. The summed E-state index contributed by atoms with van der Waals surface area (Å²) in [5.41, 5.74) is -0.722. The average Bonchev–Trinajstić information content (AvgIpc) is 2.72. The number of piperidine rings is 1. The van der Waals surface area contributed by atoms with Gasteiger partial charge in [0.1, 0.15) is 34.7 Å². The molecule has 0 aliphatic carbocycles. The summed E-state index contributed by atoms with van der Waals surface area (Å²) in [4.78, 5) is 22.9. The number of ether oxygens (including phenoxy) is 1. The maximum absolute atomic E-state index is 14.1. The van der Waals surface area contributed by atoms with Crippen LogP contribution < -0.4 is 15.5 Å². The lowest BCUT2D eigenvalue weighted by molar-refractivity contribution is 0.0500. The molecule has 1 unspecified atom stereocenters. The predicted molar refractivity (Wildman–Crippen MR) is 116 cm³/mol. The van der Waals surface area contributed by atoms with E-state index in [2.05, 4.69) is 20.6 Å². The highest BCUT2D eigenvalue weighted by molar-refractivity contribution is 5.69. The highest BCUT2D eigenvalue weighted by Crippen LogP contribution is 2.28. The summed E-state index contributed by atoms with van der Waals surface area (Å²) in [6, 6.07) is 5.17. The Morgan fingerprint density at radius 1 is 1.25 bits per heavy atom. The van der Waals surface area contributed by atoms with Gasteiger partial charge >= 0.3 is 6.09 Å². The number of aromatic nitrogens is 2. The molecule has 1 fully saturated rings. The van der Waals surface area contributed by atoms with Crippen molar-refractivity contribution in [1.82, 2.24) is 15.3 Å². The zero-order chi connectivity index (χ0) is 23.5. The van der Waals surface area contributed by atoms with Gasteiger partial charge in [0.05, 0.1) is 5.69 Å². The number of rotatable bonds is 4. The van der Waals surface area contributed by atoms with Crippen LogP contribution in [0.5, 0.6) is 0 Å². The number of halogens is 2. The van der Waals surface area contributed by atoms with Crippen molar-refractivity contribution in [3.05, 3.63) is 35.4 Å². The van der Waals surface area contributed by atoms with Crippen LogP contribution in [0.3, 0.4) is 0 Å². The zero-order valence-corrected chi connectivity index (χ0v) is 18.5. The molecule has 170 valence electrons. The van der Waals surface area contributed by atoms with Crippen molar-refractivity contribution in [2.75, 3.05) is 30.4 Å². The molecule has 1 atom stereocenters. The monoisotopic (exact) mass is 444 g/mol. The molecule has 2 N–H and O–H groups in total. The van der Waals surface area contributed by atoms with Gasteiger partial charge in [-0.05, 0) is 45.7 Å². The first-order valence-electron chi connectivity index (χ1n) is 10.3. The van der Waals surface area contributed by atoms with Gasteiger partial charge in [0, 0.05) is 37.8 Å². The fourth-order valence-corrected chi connectivity index (χ4v) is 3.46. The molecule has 1 aromatic carbocycles. The molecule has 0 spiro atoms. The average molecular weight is 444 g/mol. The van der Waals surface area contributed by atoms with Crippen LogP contribution in [0.2, 0.25) is 0 Å². The summed E-state index contributed by atoms with van der Waals surface area (Å²) in [5, 5.41) is 14.6. The lowest BCUT2D eigenvalue weighted by Crippen LogP contribution is -2.49. The minimum absolute atomic E-state index is 0.139. The summed E-state index contributed by atoms with van der Waals surface area (Å²) in [5.74, 6) is -1.06. The molecule has 10 heteroatoms. The number of nitrogens with one attached hydrogen (secondary N) is 2. The van der Waals surface area contributed by atoms with Crippen LogP contribution in [0, 0.1) is 23.0 Å². The number of hydrogen-bond donors (Lipinski definition) is 2. The van der Waals surface area contributed by atoms with Crippen LogP contribution in [0.25, 0.3) is 11.3 Å². The zero-order valence-electron chi connectivity index (χ0n) is 18.5. The van der Waals surface area contributed by atoms with Gasteiger partial charge in [-0.1, -0.05) is 0 Å². The van der Waals surface area contributed by atoms with Gasteiger partial charge in [-0.3, -0.25) is 0 Å². The Bertz CT molecular complexity index is 1020. The fraction of sp³-hybridized carbons (Fsp3) is 0.455. The molecular weight excluding hydrogens is 418 g/mol. The van der Waals surface area contributed by atoms with Crippen molar-refractivity contribution in [3.63, 3.8) is 0 Å². The summed E-state index contributed by atoms with van der Waals surface area (Å²) in [6.45, 7) is 6.60. The molecular formula is C22H26F2N6O2. The number of benzene rings is 1. The molecule has 1 aromatic heterocycles. The van der Waals surface area contributed by atoms with Crippen LogP contribution in [0.4, 0.5) is 25.3 Å². The first-order chi connectivity index (χ1) is 15.1. The maximum atomic E-state index is 14.1. The van der Waals surface area contributed by atoms with Crippen LogP contribution in [0.1, 0.15) is 39.2 Å². The summed E-state index contributed by atoms with van der Waals surface area (Å²) >= 11 is 0. The number of anilines is 2. The van der Waals surface area contributed by atoms with Gasteiger partial charge in [-0.2, -0.15) is 10.2 Å². The van der Waals surface area contributed by atoms with Crippen LogP contribution >= 0.6 is 0 Å². The predicted octanol–water partition coefficient (Wildman–Crippen LogP) is 3.83. The number of alkyl carbamates (subject to hydrolysis) is 1. The Morgan fingerprint density at radius 2 is 1.94 bits per heavy atom. The molecule has 32 heavy (non-hydrogen) atoms. The number of hydrogen-bond acceptors (Lipinski definition) is 7. The Hall–Kier alpha value is -3.48. The lowest BCUT2D eigenvalue weighted by Gasteiger charge is -2.34. The second-order valence-corrected chi connectivity index (χ2v) is 8.54. The third-order valence-corrected chi connectivity index (χ3v) is 4.85. The Balaban J connectivity index is 1.85. The van der Waals surface area contributed by atoms with E-state index >= 15 is 0 Å². The van der Waals surface area contributed by atoms with Crippen molar-refractivity contribution in [2.45, 2.75) is 45.3 Å². The molecule has 1 aliphatic rings. The third-order valence-electron chi connectivity index (χ3n) is 4.85. The standard InChI is InChI=1S/C22H26F2N6O2/c1-22(2,3)32-21(31)27-14-6-5-7-30(12-14)19-10-18(28-20(26-4)29-19)13-8-16(23)15(11-25)17(24)9-13/h8-10,14H,5-7,12H2,1-4H3,(H,27,31)(H,26,28,29). The normalized spacial score (nSPS) is 16.3. The van der Waals surface area contributed by atoms with Crippen molar-refractivity contribution >= 4 is 17.9 Å². The molecule has 8 nitrogen and oxygen atoms in total.